The van der Waals surface area contributed by atoms with E-state index in [1.54, 1.807) is 0 Å². The van der Waals surface area contributed by atoms with E-state index in [2.05, 4.69) is 0 Å². The van der Waals surface area contributed by atoms with Gasteiger partial charge in [-0.25, -0.2) is 28.1 Å². The van der Waals surface area contributed by atoms with Crippen molar-refractivity contribution >= 4 is 0 Å². The van der Waals surface area contributed by atoms with Crippen molar-refractivity contribution in [2.75, 3.05) is 6.61 Å². The minimum Gasteiger partial charge on any atom is -0.371 e. The van der Waals surface area contributed by atoms with E-state index < -0.39 is 17.1 Å². The molecule has 0 aliphatic carbocycles. The summed E-state index contributed by atoms with van der Waals surface area (Å²) in [4.78, 5) is 37.5. The van der Waals surface area contributed by atoms with Gasteiger partial charge >= 0.3 is 17.1 Å². The van der Waals surface area contributed by atoms with Crippen LogP contribution in [0.25, 0.3) is 0 Å². The Balaban J connectivity index is 2.52. The first-order valence-corrected chi connectivity index (χ1v) is 8.05. The van der Waals surface area contributed by atoms with Crippen LogP contribution in [-0.2, 0) is 24.4 Å². The molecule has 0 radical (unpaired) electrons. The maximum Gasteiger partial charge on any atom is 0.336 e. The van der Waals surface area contributed by atoms with Crippen molar-refractivity contribution in [3.05, 3.63) is 31.5 Å². The second-order valence-electron chi connectivity index (χ2n) is 6.04. The number of nitrogens with zero attached hydrogens (tertiary/aromatic N) is 3. The molecule has 0 aromatic carbocycles. The van der Waals surface area contributed by atoms with Gasteiger partial charge in [-0.1, -0.05) is 33.6 Å². The van der Waals surface area contributed by atoms with E-state index in [0.717, 1.165) is 23.8 Å². The fourth-order valence-electron chi connectivity index (χ4n) is 2.32. The van der Waals surface area contributed by atoms with Crippen LogP contribution < -0.4 is 17.1 Å². The Kier molecular flexibility index (Phi) is 5.39. The van der Waals surface area contributed by atoms with E-state index in [0.29, 0.717) is 19.7 Å². The van der Waals surface area contributed by atoms with Gasteiger partial charge in [0.2, 0.25) is 0 Å². The fraction of sp³-hybridized carbons (Fsp3) is 0.800. The zero-order valence-corrected chi connectivity index (χ0v) is 13.6. The molecule has 7 nitrogen and oxygen atoms in total. The molecule has 1 fully saturated rings. The summed E-state index contributed by atoms with van der Waals surface area (Å²) in [7, 11) is 0. The smallest absolute Gasteiger partial charge is 0.336 e. The third-order valence-electron chi connectivity index (χ3n) is 4.10. The van der Waals surface area contributed by atoms with Crippen LogP contribution in [0.4, 0.5) is 0 Å². The van der Waals surface area contributed by atoms with Crippen LogP contribution >= 0.6 is 0 Å². The molecule has 2 atom stereocenters. The van der Waals surface area contributed by atoms with Gasteiger partial charge in [0.25, 0.3) is 0 Å². The van der Waals surface area contributed by atoms with E-state index in [1.807, 2.05) is 20.8 Å². The van der Waals surface area contributed by atoms with Gasteiger partial charge in [-0.2, -0.15) is 0 Å². The number of hydrogen-bond donors (Lipinski definition) is 0. The average Bonchev–Trinajstić information content (AvgIpc) is 3.32. The van der Waals surface area contributed by atoms with Crippen molar-refractivity contribution in [1.82, 2.24) is 13.7 Å². The fourth-order valence-corrected chi connectivity index (χ4v) is 2.32. The predicted molar refractivity (Wildman–Crippen MR) is 83.3 cm³/mol. The van der Waals surface area contributed by atoms with Crippen LogP contribution in [0.15, 0.2) is 14.4 Å². The first-order chi connectivity index (χ1) is 10.5. The molecule has 0 spiro atoms. The molecule has 124 valence electrons. The lowest BCUT2D eigenvalue weighted by atomic mass is 10.1. The third-order valence-corrected chi connectivity index (χ3v) is 4.10. The molecule has 1 aromatic rings. The highest BCUT2D eigenvalue weighted by Crippen LogP contribution is 2.09. The van der Waals surface area contributed by atoms with Crippen LogP contribution in [0.1, 0.15) is 40.0 Å². The van der Waals surface area contributed by atoms with Crippen molar-refractivity contribution in [3.8, 4) is 0 Å². The monoisotopic (exact) mass is 311 g/mol. The van der Waals surface area contributed by atoms with Gasteiger partial charge in [0.05, 0.1) is 19.3 Å². The number of ether oxygens (including phenoxy) is 1. The summed E-state index contributed by atoms with van der Waals surface area (Å²) in [6, 6.07) is 0. The average molecular weight is 311 g/mol. The van der Waals surface area contributed by atoms with Gasteiger partial charge in [-0.3, -0.25) is 0 Å². The largest absolute Gasteiger partial charge is 0.371 e. The van der Waals surface area contributed by atoms with Gasteiger partial charge in [0.1, 0.15) is 0 Å². The molecule has 0 saturated carbocycles. The zero-order valence-electron chi connectivity index (χ0n) is 13.6. The SMILES string of the molecule is CCCCn1c(=O)n(CC(C)CC)c(=O)n(CC2CO2)c1=O. The number of hydrogen-bond acceptors (Lipinski definition) is 4. The quantitative estimate of drug-likeness (QED) is 0.652. The molecule has 1 saturated heterocycles. The Morgan fingerprint density at radius 1 is 1.09 bits per heavy atom. The van der Waals surface area contributed by atoms with Gasteiger partial charge in [0.15, 0.2) is 0 Å². The Morgan fingerprint density at radius 3 is 2.23 bits per heavy atom. The number of unbranched alkanes of at least 4 members (excludes halogenated alkanes) is 1. The minimum atomic E-state index is -0.515. The normalized spacial score (nSPS) is 18.4. The molecule has 1 aliphatic heterocycles. The van der Waals surface area contributed by atoms with E-state index in [4.69, 9.17) is 4.74 Å². The van der Waals surface area contributed by atoms with Crippen LogP contribution in [0.5, 0.6) is 0 Å². The van der Waals surface area contributed by atoms with Crippen LogP contribution in [-0.4, -0.2) is 26.4 Å². The van der Waals surface area contributed by atoms with Crippen LogP contribution in [0.2, 0.25) is 0 Å². The second-order valence-corrected chi connectivity index (χ2v) is 6.04. The molecule has 1 aromatic heterocycles. The topological polar surface area (TPSA) is 78.5 Å². The Labute approximate surface area is 129 Å². The Hall–Kier alpha value is -1.63. The van der Waals surface area contributed by atoms with Crippen LogP contribution in [0.3, 0.4) is 0 Å². The molecule has 0 N–H and O–H groups in total. The third kappa shape index (κ3) is 3.58. The molecular weight excluding hydrogens is 286 g/mol. The van der Waals surface area contributed by atoms with Crippen molar-refractivity contribution in [2.45, 2.75) is 65.8 Å². The van der Waals surface area contributed by atoms with Gasteiger partial charge in [0, 0.05) is 13.1 Å². The van der Waals surface area contributed by atoms with Gasteiger partial charge in [-0.05, 0) is 12.3 Å². The maximum absolute atomic E-state index is 12.5. The Morgan fingerprint density at radius 2 is 1.68 bits per heavy atom. The van der Waals surface area contributed by atoms with Gasteiger partial charge < -0.3 is 4.74 Å². The molecule has 1 aliphatic rings. The molecule has 22 heavy (non-hydrogen) atoms. The van der Waals surface area contributed by atoms with Crippen molar-refractivity contribution in [3.63, 3.8) is 0 Å². The summed E-state index contributed by atoms with van der Waals surface area (Å²) < 4.78 is 8.66. The zero-order chi connectivity index (χ0) is 16.3. The lowest BCUT2D eigenvalue weighted by molar-refractivity contribution is 0.345. The molecule has 0 amide bonds. The van der Waals surface area contributed by atoms with Crippen molar-refractivity contribution in [2.24, 2.45) is 5.92 Å². The molecule has 2 rings (SSSR count). The molecule has 2 heterocycles. The van der Waals surface area contributed by atoms with E-state index >= 15 is 0 Å². The number of rotatable bonds is 8. The molecule has 2 unspecified atom stereocenters. The van der Waals surface area contributed by atoms with Crippen molar-refractivity contribution < 1.29 is 4.74 Å². The molecule has 0 bridgehead atoms. The number of aromatic nitrogens is 3. The highest BCUT2D eigenvalue weighted by molar-refractivity contribution is 4.82. The predicted octanol–water partition coefficient (Wildman–Crippen LogP) is 0.417. The highest BCUT2D eigenvalue weighted by atomic mass is 16.6. The molecular formula is C15H25N3O4. The van der Waals surface area contributed by atoms with Gasteiger partial charge in [-0.15, -0.1) is 0 Å². The van der Waals surface area contributed by atoms with E-state index in [-0.39, 0.29) is 18.6 Å². The molecule has 7 heteroatoms. The number of epoxide rings is 1. The van der Waals surface area contributed by atoms with E-state index in [9.17, 15) is 14.4 Å². The summed E-state index contributed by atoms with van der Waals surface area (Å²) in [5, 5.41) is 0. The van der Waals surface area contributed by atoms with E-state index in [1.165, 1.54) is 9.13 Å². The van der Waals surface area contributed by atoms with Crippen LogP contribution in [0, 0.1) is 5.92 Å². The maximum atomic E-state index is 12.5. The summed E-state index contributed by atoms with van der Waals surface area (Å²) in [6.07, 6.45) is 2.39. The highest BCUT2D eigenvalue weighted by Gasteiger charge is 2.26. The first kappa shape index (κ1) is 16.7. The standard InChI is InChI=1S/C15H25N3O4/c1-4-6-7-16-13(19)17(8-11(3)5-2)15(21)18(14(16)20)9-12-10-22-12/h11-12H,4-10H2,1-3H3. The second kappa shape index (κ2) is 7.09. The Bertz CT molecular complexity index is 681. The van der Waals surface area contributed by atoms with Crippen molar-refractivity contribution in [1.29, 1.82) is 0 Å². The lowest BCUT2D eigenvalue weighted by Gasteiger charge is -2.15. The first-order valence-electron chi connectivity index (χ1n) is 8.05. The minimum absolute atomic E-state index is 0.0837. The lowest BCUT2D eigenvalue weighted by Crippen LogP contribution is -2.55. The summed E-state index contributed by atoms with van der Waals surface area (Å²) in [6.45, 7) is 7.47. The summed E-state index contributed by atoms with van der Waals surface area (Å²) in [5.74, 6) is 0.202. The summed E-state index contributed by atoms with van der Waals surface area (Å²) >= 11 is 0. The summed E-state index contributed by atoms with van der Waals surface area (Å²) in [5.41, 5.74) is -1.52.